The molecule has 2 aromatic rings. The summed E-state index contributed by atoms with van der Waals surface area (Å²) in [6.07, 6.45) is 2.11. The van der Waals surface area contributed by atoms with Crippen LogP contribution in [-0.4, -0.2) is 0 Å². The van der Waals surface area contributed by atoms with Gasteiger partial charge in [0.1, 0.15) is 0 Å². The average Bonchev–Trinajstić information content (AvgIpc) is 2.38. The number of nitrogen functional groups attached to an aromatic ring is 1. The van der Waals surface area contributed by atoms with Crippen molar-refractivity contribution in [1.82, 2.24) is 0 Å². The minimum atomic E-state index is 0.780. The molecule has 2 nitrogen and oxygen atoms in total. The fourth-order valence-corrected chi connectivity index (χ4v) is 2.03. The van der Waals surface area contributed by atoms with E-state index in [0.717, 1.165) is 29.9 Å². The molecule has 0 aromatic heterocycles. The summed E-state index contributed by atoms with van der Waals surface area (Å²) in [6.45, 7) is 4.36. The maximum absolute atomic E-state index is 5.78. The van der Waals surface area contributed by atoms with Crippen LogP contribution in [0.2, 0.25) is 0 Å². The quantitative estimate of drug-likeness (QED) is 0.788. The number of nitrogens with one attached hydrogen (secondary N) is 1. The molecule has 2 aromatic carbocycles. The van der Waals surface area contributed by atoms with Crippen molar-refractivity contribution in [3.8, 4) is 0 Å². The van der Waals surface area contributed by atoms with Crippen molar-refractivity contribution in [2.75, 3.05) is 11.1 Å². The molecule has 0 unspecified atom stereocenters. The van der Waals surface area contributed by atoms with Gasteiger partial charge in [0.2, 0.25) is 0 Å². The molecule has 0 heterocycles. The average molecular weight is 240 g/mol. The molecule has 2 rings (SSSR count). The van der Waals surface area contributed by atoms with E-state index in [1.165, 1.54) is 11.1 Å². The summed E-state index contributed by atoms with van der Waals surface area (Å²) in [7, 11) is 0. The third-order valence-corrected chi connectivity index (χ3v) is 3.04. The molecule has 0 radical (unpaired) electrons. The molecule has 0 saturated heterocycles. The lowest BCUT2D eigenvalue weighted by Crippen LogP contribution is -1.95. The molecule has 0 aliphatic rings. The fraction of sp³-hybridized carbons (Fsp3) is 0.250. The Bertz CT molecular complexity index is 510. The Kier molecular flexibility index (Phi) is 3.88. The van der Waals surface area contributed by atoms with Crippen LogP contribution < -0.4 is 11.1 Å². The van der Waals surface area contributed by atoms with Crippen molar-refractivity contribution < 1.29 is 0 Å². The maximum atomic E-state index is 5.78. The van der Waals surface area contributed by atoms with Gasteiger partial charge < -0.3 is 11.1 Å². The molecule has 94 valence electrons. The molecule has 0 spiro atoms. The monoisotopic (exact) mass is 240 g/mol. The molecule has 0 amide bonds. The van der Waals surface area contributed by atoms with E-state index in [4.69, 9.17) is 5.73 Å². The highest BCUT2D eigenvalue weighted by Gasteiger charge is 2.00. The molecule has 2 heteroatoms. The summed E-state index contributed by atoms with van der Waals surface area (Å²) >= 11 is 0. The van der Waals surface area contributed by atoms with Gasteiger partial charge >= 0.3 is 0 Å². The second-order valence-corrected chi connectivity index (χ2v) is 4.50. The van der Waals surface area contributed by atoms with E-state index in [1.54, 1.807) is 0 Å². The number of anilines is 3. The smallest absolute Gasteiger partial charge is 0.0404 e. The van der Waals surface area contributed by atoms with E-state index < -0.39 is 0 Å². The first-order valence-corrected chi connectivity index (χ1v) is 6.46. The molecule has 18 heavy (non-hydrogen) atoms. The lowest BCUT2D eigenvalue weighted by molar-refractivity contribution is 1.09. The number of nitrogens with two attached hydrogens (primary N) is 1. The van der Waals surface area contributed by atoms with Gasteiger partial charge in [0.15, 0.2) is 0 Å². The van der Waals surface area contributed by atoms with Crippen molar-refractivity contribution in [2.45, 2.75) is 26.7 Å². The zero-order valence-electron chi connectivity index (χ0n) is 11.0. The second-order valence-electron chi connectivity index (χ2n) is 4.50. The predicted molar refractivity (Wildman–Crippen MR) is 79.3 cm³/mol. The van der Waals surface area contributed by atoms with Crippen molar-refractivity contribution in [2.24, 2.45) is 0 Å². The van der Waals surface area contributed by atoms with Gasteiger partial charge in [0, 0.05) is 17.1 Å². The summed E-state index contributed by atoms with van der Waals surface area (Å²) in [5.41, 5.74) is 11.5. The normalized spacial score (nSPS) is 10.3. The third-order valence-electron chi connectivity index (χ3n) is 3.04. The first kappa shape index (κ1) is 12.5. The highest BCUT2D eigenvalue weighted by atomic mass is 14.9. The Balaban J connectivity index is 2.28. The molecular formula is C16H20N2. The van der Waals surface area contributed by atoms with Gasteiger partial charge in [-0.3, -0.25) is 0 Å². The standard InChI is InChI=1S/C16H20N2/c1-3-12-8-13(4-2)10-16(9-12)18-15-7-5-6-14(17)11-15/h5-11,18H,3-4,17H2,1-2H3. The van der Waals surface area contributed by atoms with Gasteiger partial charge in [-0.05, 0) is 54.3 Å². The molecule has 3 N–H and O–H groups in total. The molecular weight excluding hydrogens is 220 g/mol. The predicted octanol–water partition coefficient (Wildman–Crippen LogP) is 4.14. The molecule has 0 bridgehead atoms. The largest absolute Gasteiger partial charge is 0.399 e. The summed E-state index contributed by atoms with van der Waals surface area (Å²) in [5, 5.41) is 3.41. The third kappa shape index (κ3) is 3.04. The van der Waals surface area contributed by atoms with Crippen LogP contribution in [0.25, 0.3) is 0 Å². The summed E-state index contributed by atoms with van der Waals surface area (Å²) < 4.78 is 0. The van der Waals surface area contributed by atoms with E-state index in [2.05, 4.69) is 37.4 Å². The minimum absolute atomic E-state index is 0.780. The second kappa shape index (κ2) is 5.58. The Hall–Kier alpha value is -1.96. The van der Waals surface area contributed by atoms with Crippen molar-refractivity contribution >= 4 is 17.1 Å². The SMILES string of the molecule is CCc1cc(CC)cc(Nc2cccc(N)c2)c1. The fourth-order valence-electron chi connectivity index (χ4n) is 2.03. The number of hydrogen-bond acceptors (Lipinski definition) is 2. The van der Waals surface area contributed by atoms with Crippen LogP contribution in [0.1, 0.15) is 25.0 Å². The van der Waals surface area contributed by atoms with Crippen LogP contribution in [-0.2, 0) is 12.8 Å². The Morgan fingerprint density at radius 1 is 0.889 bits per heavy atom. The zero-order valence-corrected chi connectivity index (χ0v) is 11.0. The van der Waals surface area contributed by atoms with Crippen LogP contribution in [0.5, 0.6) is 0 Å². The van der Waals surface area contributed by atoms with Crippen molar-refractivity contribution in [3.05, 3.63) is 53.6 Å². The van der Waals surface area contributed by atoms with Crippen molar-refractivity contribution in [1.29, 1.82) is 0 Å². The lowest BCUT2D eigenvalue weighted by atomic mass is 10.1. The first-order valence-electron chi connectivity index (χ1n) is 6.46. The highest BCUT2D eigenvalue weighted by Crippen LogP contribution is 2.22. The van der Waals surface area contributed by atoms with E-state index in [1.807, 2.05) is 24.3 Å². The van der Waals surface area contributed by atoms with Gasteiger partial charge in [-0.2, -0.15) is 0 Å². The first-order chi connectivity index (χ1) is 8.71. The molecule has 0 aliphatic heterocycles. The van der Waals surface area contributed by atoms with E-state index in [9.17, 15) is 0 Å². The molecule has 0 fully saturated rings. The van der Waals surface area contributed by atoms with Gasteiger partial charge in [-0.15, -0.1) is 0 Å². The Morgan fingerprint density at radius 3 is 2.11 bits per heavy atom. The van der Waals surface area contributed by atoms with E-state index in [-0.39, 0.29) is 0 Å². The highest BCUT2D eigenvalue weighted by molar-refractivity contribution is 5.64. The number of benzene rings is 2. The Labute approximate surface area is 109 Å². The topological polar surface area (TPSA) is 38.0 Å². The Morgan fingerprint density at radius 2 is 1.56 bits per heavy atom. The van der Waals surface area contributed by atoms with Crippen molar-refractivity contribution in [3.63, 3.8) is 0 Å². The van der Waals surface area contributed by atoms with Crippen LogP contribution in [0.3, 0.4) is 0 Å². The lowest BCUT2D eigenvalue weighted by Gasteiger charge is -2.11. The number of rotatable bonds is 4. The number of hydrogen-bond donors (Lipinski definition) is 2. The van der Waals surface area contributed by atoms with Crippen LogP contribution in [0.4, 0.5) is 17.1 Å². The maximum Gasteiger partial charge on any atom is 0.0404 e. The number of aryl methyl sites for hydroxylation is 2. The summed E-state index contributed by atoms with van der Waals surface area (Å²) in [6, 6.07) is 14.5. The van der Waals surface area contributed by atoms with Crippen LogP contribution in [0, 0.1) is 0 Å². The van der Waals surface area contributed by atoms with E-state index >= 15 is 0 Å². The molecule has 0 atom stereocenters. The van der Waals surface area contributed by atoms with E-state index in [0.29, 0.717) is 0 Å². The van der Waals surface area contributed by atoms with Gasteiger partial charge in [-0.1, -0.05) is 26.0 Å². The summed E-state index contributed by atoms with van der Waals surface area (Å²) in [4.78, 5) is 0. The van der Waals surface area contributed by atoms with Crippen LogP contribution in [0.15, 0.2) is 42.5 Å². The van der Waals surface area contributed by atoms with Gasteiger partial charge in [0.25, 0.3) is 0 Å². The minimum Gasteiger partial charge on any atom is -0.399 e. The van der Waals surface area contributed by atoms with Gasteiger partial charge in [-0.25, -0.2) is 0 Å². The van der Waals surface area contributed by atoms with Gasteiger partial charge in [0.05, 0.1) is 0 Å². The molecule has 0 saturated carbocycles. The zero-order chi connectivity index (χ0) is 13.0. The molecule has 0 aliphatic carbocycles. The summed E-state index contributed by atoms with van der Waals surface area (Å²) in [5.74, 6) is 0. The van der Waals surface area contributed by atoms with Crippen LogP contribution >= 0.6 is 0 Å².